The number of fused-ring (bicyclic) bond motifs is 8. The van der Waals surface area contributed by atoms with Crippen LogP contribution in [-0.4, -0.2) is 98.0 Å². The van der Waals surface area contributed by atoms with Crippen LogP contribution in [0.25, 0.3) is 110 Å². The van der Waals surface area contributed by atoms with Gasteiger partial charge >= 0.3 is 0 Å². The molecule has 34 heteroatoms. The second-order valence-corrected chi connectivity index (χ2v) is 30.3. The van der Waals surface area contributed by atoms with Crippen LogP contribution in [0.4, 0.5) is 27.7 Å². The van der Waals surface area contributed by atoms with E-state index < -0.39 is 5.82 Å². The highest BCUT2D eigenvalue weighted by atomic mass is 35.5. The molecule has 0 amide bonds. The van der Waals surface area contributed by atoms with Gasteiger partial charge < -0.3 is 41.2 Å². The zero-order valence-electron chi connectivity index (χ0n) is 70.5. The number of aromatic nitrogens is 20. The Morgan fingerprint density at radius 3 is 1.02 bits per heavy atom. The number of pyridine rings is 4. The minimum atomic E-state index is -0.469. The Morgan fingerprint density at radius 1 is 0.344 bits per heavy atom. The summed E-state index contributed by atoms with van der Waals surface area (Å²) in [5.41, 5.74) is 14.4. The van der Waals surface area contributed by atoms with Gasteiger partial charge in [-0.25, -0.2) is 64.2 Å². The lowest BCUT2D eigenvalue weighted by Gasteiger charge is -2.24. The van der Waals surface area contributed by atoms with Crippen molar-refractivity contribution in [1.82, 2.24) is 98.0 Å². The zero-order chi connectivity index (χ0) is 85.8. The molecule has 131 heavy (non-hydrogen) atoms. The topological polar surface area (TPSA) is 354 Å². The van der Waals surface area contributed by atoms with E-state index in [0.29, 0.717) is 78.4 Å². The summed E-state index contributed by atoms with van der Waals surface area (Å²) in [5, 5.41) is 20.2. The number of aromatic amines is 4. The summed E-state index contributed by atoms with van der Waals surface area (Å²) in [6.07, 6.45) is 13.7. The number of para-hydroxylation sites is 3. The van der Waals surface area contributed by atoms with Gasteiger partial charge in [0, 0.05) is 39.8 Å². The van der Waals surface area contributed by atoms with Crippen molar-refractivity contribution in [3.8, 4) is 22.7 Å². The number of benzene rings is 8. The monoisotopic (exact) mass is 1850 g/mol. The molecule has 20 rings (SSSR count). The first-order valence-corrected chi connectivity index (χ1v) is 40.6. The third kappa shape index (κ3) is 19.8. The van der Waals surface area contributed by atoms with E-state index in [1.54, 1.807) is 54.1 Å². The SMILES string of the molecule is C.C.C.CC[C@H](Nc1ncnc2nc[nH]c12)c1cc2cccc(C)c2c(=O)n1-c1ccc(C)cc1.CC[C@H](Nc1ncnc2nc[nH]c12)c1cc2cccc(C)c2c(=O)n1-c1ccccc1.C[C@H](Nc1ncnc2nc[nH]c12)c1cc2cccc(Cl)c2c(=O)n1-c1ccccc1.Cc1cccc2cc([C@H](C)Nc3ncnc4nc[nH]c34)n(-c3ccccc3F)c(=O)c12.S.S.S.S. The average Bonchev–Trinajstić information content (AvgIpc) is 1.55. The quantitative estimate of drug-likeness (QED) is 0.0395. The molecule has 0 spiro atoms. The van der Waals surface area contributed by atoms with E-state index in [4.69, 9.17) is 11.6 Å². The lowest BCUT2D eigenvalue weighted by molar-refractivity contribution is 0.611. The van der Waals surface area contributed by atoms with Gasteiger partial charge in [0.1, 0.15) is 53.2 Å². The molecule has 0 aliphatic carbocycles. The van der Waals surface area contributed by atoms with Gasteiger partial charge in [0.05, 0.1) is 81.7 Å². The Labute approximate surface area is 786 Å². The Bertz CT molecular complexity index is 7660. The molecule has 20 aromatic rings. The molecular formula is C97H102ClFN24O4S4. The molecule has 8 aromatic carbocycles. The van der Waals surface area contributed by atoms with Gasteiger partial charge in [0.25, 0.3) is 22.2 Å². The smallest absolute Gasteiger partial charge is 0.264 e. The summed E-state index contributed by atoms with van der Waals surface area (Å²) in [6, 6.07) is 63.9. The number of hydrogen-bond acceptors (Lipinski definition) is 20. The molecule has 672 valence electrons. The number of rotatable bonds is 18. The molecular weight excluding hydrogens is 1750 g/mol. The fourth-order valence-electron chi connectivity index (χ4n) is 15.8. The first-order valence-electron chi connectivity index (χ1n) is 40.3. The van der Waals surface area contributed by atoms with Gasteiger partial charge in [-0.3, -0.25) is 37.4 Å². The Hall–Kier alpha value is -14.4. The fourth-order valence-corrected chi connectivity index (χ4v) is 16.1. The number of hydrogen-bond donors (Lipinski definition) is 8. The molecule has 0 fully saturated rings. The molecule has 0 bridgehead atoms. The number of H-pyrrole nitrogens is 4. The summed E-state index contributed by atoms with van der Waals surface area (Å²) >= 11 is 6.38. The Kier molecular flexibility index (Phi) is 32.5. The van der Waals surface area contributed by atoms with Crippen LogP contribution in [0.1, 0.15) is 132 Å². The highest BCUT2D eigenvalue weighted by Crippen LogP contribution is 2.35. The average molecular weight is 1850 g/mol. The van der Waals surface area contributed by atoms with Crippen molar-refractivity contribution in [2.24, 2.45) is 0 Å². The maximum atomic E-state index is 14.8. The summed E-state index contributed by atoms with van der Waals surface area (Å²) in [7, 11) is 0. The first-order chi connectivity index (χ1) is 60.4. The van der Waals surface area contributed by atoms with Crippen molar-refractivity contribution in [3.05, 3.63) is 354 Å². The number of aryl methyl sites for hydroxylation is 4. The van der Waals surface area contributed by atoms with Gasteiger partial charge in [-0.2, -0.15) is 54.0 Å². The fraction of sp³-hybridized carbons (Fsp3) is 0.175. The van der Waals surface area contributed by atoms with Crippen molar-refractivity contribution in [2.45, 2.75) is 115 Å². The van der Waals surface area contributed by atoms with Gasteiger partial charge in [-0.15, -0.1) is 0 Å². The van der Waals surface area contributed by atoms with Crippen molar-refractivity contribution in [3.63, 3.8) is 0 Å². The van der Waals surface area contributed by atoms with E-state index in [-0.39, 0.29) is 128 Å². The summed E-state index contributed by atoms with van der Waals surface area (Å²) < 4.78 is 21.5. The van der Waals surface area contributed by atoms with Crippen LogP contribution in [0.2, 0.25) is 5.02 Å². The summed E-state index contributed by atoms with van der Waals surface area (Å²) in [6.45, 7) is 15.9. The normalized spacial score (nSPS) is 11.7. The largest absolute Gasteiger partial charge is 0.360 e. The maximum Gasteiger partial charge on any atom is 0.264 e. The third-order valence-corrected chi connectivity index (χ3v) is 22.2. The van der Waals surface area contributed by atoms with E-state index in [9.17, 15) is 23.6 Å². The van der Waals surface area contributed by atoms with Gasteiger partial charge in [0.2, 0.25) is 0 Å². The van der Waals surface area contributed by atoms with Crippen LogP contribution >= 0.6 is 65.6 Å². The number of nitrogens with one attached hydrogen (secondary N) is 8. The molecule has 4 atom stereocenters. The molecule has 0 saturated carbocycles. The number of imidazole rings is 4. The number of nitrogens with zero attached hydrogens (tertiary/aromatic N) is 16. The lowest BCUT2D eigenvalue weighted by atomic mass is 10.0. The molecule has 0 aliphatic heterocycles. The molecule has 0 aliphatic rings. The lowest BCUT2D eigenvalue weighted by Crippen LogP contribution is -2.27. The van der Waals surface area contributed by atoms with Crippen molar-refractivity contribution in [1.29, 1.82) is 0 Å². The van der Waals surface area contributed by atoms with Crippen LogP contribution in [0.3, 0.4) is 0 Å². The van der Waals surface area contributed by atoms with Crippen LogP contribution in [0, 0.1) is 33.5 Å². The molecule has 0 unspecified atom stereocenters. The number of halogens is 2. The highest BCUT2D eigenvalue weighted by Gasteiger charge is 2.27. The standard InChI is InChI=1S/C25H24N6O.C24H22N6O.C23H19FN6O.C22H17ClN6O.3CH4.4H2S/c1-4-19(30-24-22-23(27-13-26-22)28-14-29-24)20-12-17-7-5-6-16(3)21(17)25(32)31(20)18-10-8-15(2)9-11-18;1-3-18(29-23-21-22(26-13-25-21)27-14-28-23)19-12-16-9-7-8-15(2)20(16)24(31)30(19)17-10-5-4-6-11-17;1-13-6-5-7-15-10-18(14(2)29-22-20-21(26-11-25-20)27-12-28-22)30(23(31)19(13)15)17-9-4-3-8-16(17)24;1-13(28-21-19-20(25-11-24-19)26-12-27-21)17-10-14-6-5-9-16(23)18(14)22(30)29(17)15-7-3-2-4-8-15;;;;;;;/h5-14,19H,4H2,1-3H3,(H2,26,27,28,29,30);4-14,18H,3H2,1-2H3,(H2,25,26,27,28,29);3-12,14H,1-2H3,(H2,25,26,27,28,29);2-13H,1H3,(H2,24,25,26,27,28);3*1H4;4*1H2/t19-;18-;14-;13-;;;;;;;/m0000......./s1. The van der Waals surface area contributed by atoms with Gasteiger partial charge in [-0.1, -0.05) is 181 Å². The Morgan fingerprint density at radius 2 is 0.649 bits per heavy atom. The molecule has 0 saturated heterocycles. The predicted octanol–water partition coefficient (Wildman–Crippen LogP) is 20.5. The third-order valence-electron chi connectivity index (χ3n) is 21.9. The van der Waals surface area contributed by atoms with Gasteiger partial charge in [-0.05, 0) is 171 Å². The molecule has 8 N–H and O–H groups in total. The molecule has 12 heterocycles. The van der Waals surface area contributed by atoms with Crippen LogP contribution in [-0.2, 0) is 0 Å². The zero-order valence-corrected chi connectivity index (χ0v) is 75.3. The van der Waals surface area contributed by atoms with Crippen LogP contribution in [0.15, 0.2) is 276 Å². The van der Waals surface area contributed by atoms with Crippen molar-refractivity contribution < 1.29 is 4.39 Å². The van der Waals surface area contributed by atoms with Crippen molar-refractivity contribution >= 4 is 177 Å². The minimum absolute atomic E-state index is 0. The second kappa shape index (κ2) is 43.2. The highest BCUT2D eigenvalue weighted by molar-refractivity contribution is 7.59. The van der Waals surface area contributed by atoms with E-state index in [1.807, 2.05) is 214 Å². The van der Waals surface area contributed by atoms with E-state index in [0.717, 1.165) is 113 Å². The van der Waals surface area contributed by atoms with E-state index in [1.165, 1.54) is 35.9 Å². The first kappa shape index (κ1) is 98.8. The molecule has 12 aromatic heterocycles. The van der Waals surface area contributed by atoms with Crippen LogP contribution in [0.5, 0.6) is 0 Å². The van der Waals surface area contributed by atoms with E-state index in [2.05, 4.69) is 127 Å². The molecule has 0 radical (unpaired) electrons. The second-order valence-electron chi connectivity index (χ2n) is 29.9. The minimum Gasteiger partial charge on any atom is -0.360 e. The predicted molar refractivity (Wildman–Crippen MR) is 548 cm³/mol. The summed E-state index contributed by atoms with van der Waals surface area (Å²) in [4.78, 5) is 118. The van der Waals surface area contributed by atoms with Crippen molar-refractivity contribution in [2.75, 3.05) is 21.3 Å². The van der Waals surface area contributed by atoms with E-state index >= 15 is 0 Å². The van der Waals surface area contributed by atoms with Crippen LogP contribution < -0.4 is 43.5 Å². The Balaban J connectivity index is 0.000000178. The molecule has 28 nitrogen and oxygen atoms in total. The number of anilines is 4. The maximum absolute atomic E-state index is 14.8. The van der Waals surface area contributed by atoms with Gasteiger partial charge in [0.15, 0.2) is 45.9 Å². The summed E-state index contributed by atoms with van der Waals surface area (Å²) in [5.74, 6) is 2.01.